The van der Waals surface area contributed by atoms with Crippen LogP contribution in [0.3, 0.4) is 0 Å². The molecule has 0 aliphatic carbocycles. The van der Waals surface area contributed by atoms with E-state index in [-0.39, 0.29) is 30.3 Å². The SMILES string of the molecule is CNC(=O)c1ccc(N2CCN(Cc3ccnc(NC(=O)NCC(F)(F)F)c3)CC2)c(C(F)(F)F)n1. The summed E-state index contributed by atoms with van der Waals surface area (Å²) < 4.78 is 77.5. The predicted octanol–water partition coefficient (Wildman–Crippen LogP) is 2.86. The van der Waals surface area contributed by atoms with Gasteiger partial charge >= 0.3 is 18.4 Å². The van der Waals surface area contributed by atoms with Gasteiger partial charge in [0.25, 0.3) is 5.91 Å². The molecule has 196 valence electrons. The van der Waals surface area contributed by atoms with Gasteiger partial charge in [0.2, 0.25) is 0 Å². The van der Waals surface area contributed by atoms with E-state index < -0.39 is 36.5 Å². The smallest absolute Gasteiger partial charge is 0.367 e. The number of pyridine rings is 2. The zero-order chi connectivity index (χ0) is 26.5. The average Bonchev–Trinajstić information content (AvgIpc) is 2.82. The minimum Gasteiger partial charge on any atom is -0.367 e. The third kappa shape index (κ3) is 7.44. The number of halogens is 6. The zero-order valence-corrected chi connectivity index (χ0v) is 19.0. The van der Waals surface area contributed by atoms with E-state index in [9.17, 15) is 35.9 Å². The highest BCUT2D eigenvalue weighted by molar-refractivity contribution is 5.92. The molecule has 0 unspecified atom stereocenters. The second-order valence-corrected chi connectivity index (χ2v) is 7.88. The summed E-state index contributed by atoms with van der Waals surface area (Å²) in [5.41, 5.74) is -0.876. The van der Waals surface area contributed by atoms with Gasteiger partial charge in [0, 0.05) is 46.0 Å². The first-order chi connectivity index (χ1) is 16.9. The molecule has 36 heavy (non-hydrogen) atoms. The van der Waals surface area contributed by atoms with Crippen molar-refractivity contribution < 1.29 is 35.9 Å². The second kappa shape index (κ2) is 11.0. The van der Waals surface area contributed by atoms with Crippen LogP contribution < -0.4 is 20.9 Å². The Balaban J connectivity index is 1.61. The molecule has 0 saturated carbocycles. The molecule has 3 N–H and O–H groups in total. The lowest BCUT2D eigenvalue weighted by Crippen LogP contribution is -2.46. The number of piperazine rings is 1. The van der Waals surface area contributed by atoms with Crippen molar-refractivity contribution in [2.24, 2.45) is 0 Å². The number of nitrogens with one attached hydrogen (secondary N) is 3. The molecule has 3 heterocycles. The van der Waals surface area contributed by atoms with Crippen LogP contribution in [0, 0.1) is 0 Å². The van der Waals surface area contributed by atoms with E-state index in [1.807, 2.05) is 4.90 Å². The molecule has 1 aliphatic rings. The summed E-state index contributed by atoms with van der Waals surface area (Å²) in [5, 5.41) is 6.16. The van der Waals surface area contributed by atoms with Gasteiger partial charge in [-0.15, -0.1) is 0 Å². The van der Waals surface area contributed by atoms with Crippen molar-refractivity contribution in [3.63, 3.8) is 0 Å². The van der Waals surface area contributed by atoms with Crippen LogP contribution in [0.1, 0.15) is 21.7 Å². The molecule has 0 radical (unpaired) electrons. The Hall–Kier alpha value is -3.62. The molecule has 0 atom stereocenters. The van der Waals surface area contributed by atoms with Crippen LogP contribution in [-0.2, 0) is 12.7 Å². The molecular formula is C21H23F6N7O2. The van der Waals surface area contributed by atoms with E-state index in [1.54, 1.807) is 16.3 Å². The van der Waals surface area contributed by atoms with Crippen molar-refractivity contribution in [3.8, 4) is 0 Å². The van der Waals surface area contributed by atoms with Crippen LogP contribution in [0.25, 0.3) is 0 Å². The van der Waals surface area contributed by atoms with E-state index >= 15 is 0 Å². The van der Waals surface area contributed by atoms with Gasteiger partial charge in [0.05, 0.1) is 5.69 Å². The Morgan fingerprint density at radius 3 is 2.33 bits per heavy atom. The third-order valence-electron chi connectivity index (χ3n) is 5.24. The molecule has 2 aromatic rings. The molecule has 0 spiro atoms. The van der Waals surface area contributed by atoms with E-state index in [2.05, 4.69) is 20.6 Å². The molecule has 1 aliphatic heterocycles. The Kier molecular flexibility index (Phi) is 8.22. The lowest BCUT2D eigenvalue weighted by Gasteiger charge is -2.37. The van der Waals surface area contributed by atoms with Crippen molar-refractivity contribution in [1.29, 1.82) is 0 Å². The molecule has 15 heteroatoms. The normalized spacial score (nSPS) is 14.9. The van der Waals surface area contributed by atoms with E-state index in [4.69, 9.17) is 0 Å². The van der Waals surface area contributed by atoms with Gasteiger partial charge in [0.15, 0.2) is 5.69 Å². The number of urea groups is 1. The maximum absolute atomic E-state index is 13.6. The van der Waals surface area contributed by atoms with Gasteiger partial charge in [-0.1, -0.05) is 0 Å². The Morgan fingerprint density at radius 2 is 1.72 bits per heavy atom. The largest absolute Gasteiger partial charge is 0.435 e. The van der Waals surface area contributed by atoms with Crippen LogP contribution in [-0.4, -0.2) is 72.8 Å². The summed E-state index contributed by atoms with van der Waals surface area (Å²) in [6.07, 6.45) is -7.90. The lowest BCUT2D eigenvalue weighted by atomic mass is 10.1. The summed E-state index contributed by atoms with van der Waals surface area (Å²) >= 11 is 0. The third-order valence-corrected chi connectivity index (χ3v) is 5.24. The number of carbonyl (C=O) groups is 2. The summed E-state index contributed by atoms with van der Waals surface area (Å²) in [6.45, 7) is 0.246. The van der Waals surface area contributed by atoms with Crippen molar-refractivity contribution in [1.82, 2.24) is 25.5 Å². The Morgan fingerprint density at radius 1 is 1.03 bits per heavy atom. The fraction of sp³-hybridized carbons (Fsp3) is 0.429. The monoisotopic (exact) mass is 519 g/mol. The molecule has 3 amide bonds. The number of rotatable bonds is 6. The van der Waals surface area contributed by atoms with Crippen molar-refractivity contribution >= 4 is 23.4 Å². The highest BCUT2D eigenvalue weighted by atomic mass is 19.4. The van der Waals surface area contributed by atoms with Gasteiger partial charge in [-0.25, -0.2) is 14.8 Å². The minimum absolute atomic E-state index is 0.0582. The summed E-state index contributed by atoms with van der Waals surface area (Å²) in [5.74, 6) is -0.663. The Bertz CT molecular complexity index is 1090. The van der Waals surface area contributed by atoms with Gasteiger partial charge in [0.1, 0.15) is 18.1 Å². The topological polar surface area (TPSA) is 102 Å². The number of anilines is 2. The Labute approximate surface area is 201 Å². The van der Waals surface area contributed by atoms with Gasteiger partial charge < -0.3 is 15.5 Å². The molecule has 0 bridgehead atoms. The molecule has 2 aromatic heterocycles. The lowest BCUT2D eigenvalue weighted by molar-refractivity contribution is -0.140. The number of aromatic nitrogens is 2. The number of nitrogens with zero attached hydrogens (tertiary/aromatic N) is 4. The standard InChI is InChI=1S/C21H23F6N7O2/c1-28-18(35)14-2-3-15(17(31-14)21(25,26)27)34-8-6-33(7-9-34)11-13-4-5-29-16(10-13)32-19(36)30-12-20(22,23)24/h2-5,10H,6-9,11-12H2,1H3,(H,28,35)(H2,29,30,32,36). The predicted molar refractivity (Wildman–Crippen MR) is 117 cm³/mol. The van der Waals surface area contributed by atoms with E-state index in [0.717, 1.165) is 0 Å². The number of alkyl halides is 6. The van der Waals surface area contributed by atoms with E-state index in [1.165, 1.54) is 31.4 Å². The fourth-order valence-corrected chi connectivity index (χ4v) is 3.56. The minimum atomic E-state index is -4.75. The van der Waals surface area contributed by atoms with Crippen molar-refractivity contribution in [2.75, 3.05) is 50.0 Å². The average molecular weight is 519 g/mol. The summed E-state index contributed by atoms with van der Waals surface area (Å²) in [4.78, 5) is 34.3. The summed E-state index contributed by atoms with van der Waals surface area (Å²) in [6, 6.07) is 4.59. The first kappa shape index (κ1) is 27.0. The number of carbonyl (C=O) groups excluding carboxylic acids is 2. The number of hydrogen-bond acceptors (Lipinski definition) is 6. The van der Waals surface area contributed by atoms with Crippen LogP contribution in [0.5, 0.6) is 0 Å². The van der Waals surface area contributed by atoms with Crippen LogP contribution in [0.4, 0.5) is 42.6 Å². The first-order valence-corrected chi connectivity index (χ1v) is 10.7. The van der Waals surface area contributed by atoms with E-state index in [0.29, 0.717) is 25.2 Å². The second-order valence-electron chi connectivity index (χ2n) is 7.88. The number of amides is 3. The van der Waals surface area contributed by atoms with Gasteiger partial charge in [-0.3, -0.25) is 15.0 Å². The molecule has 1 saturated heterocycles. The molecule has 3 rings (SSSR count). The van der Waals surface area contributed by atoms with Gasteiger partial charge in [-0.2, -0.15) is 26.3 Å². The molecular weight excluding hydrogens is 496 g/mol. The van der Waals surface area contributed by atoms with Gasteiger partial charge in [-0.05, 0) is 29.8 Å². The van der Waals surface area contributed by atoms with Crippen LogP contribution in [0.2, 0.25) is 0 Å². The van der Waals surface area contributed by atoms with Crippen molar-refractivity contribution in [3.05, 3.63) is 47.4 Å². The molecule has 9 nitrogen and oxygen atoms in total. The highest BCUT2D eigenvalue weighted by Gasteiger charge is 2.38. The maximum Gasteiger partial charge on any atom is 0.435 e. The number of hydrogen-bond donors (Lipinski definition) is 3. The summed E-state index contributed by atoms with van der Waals surface area (Å²) in [7, 11) is 1.30. The zero-order valence-electron chi connectivity index (χ0n) is 19.0. The maximum atomic E-state index is 13.6. The fourth-order valence-electron chi connectivity index (χ4n) is 3.56. The van der Waals surface area contributed by atoms with Crippen LogP contribution in [0.15, 0.2) is 30.5 Å². The van der Waals surface area contributed by atoms with Crippen LogP contribution >= 0.6 is 0 Å². The quantitative estimate of drug-likeness (QED) is 0.508. The highest BCUT2D eigenvalue weighted by Crippen LogP contribution is 2.35. The molecule has 1 fully saturated rings. The van der Waals surface area contributed by atoms with Crippen molar-refractivity contribution in [2.45, 2.75) is 18.9 Å². The first-order valence-electron chi connectivity index (χ1n) is 10.7. The molecule has 0 aromatic carbocycles.